The minimum atomic E-state index is -2.52. The molecule has 146 valence electrons. The van der Waals surface area contributed by atoms with Crippen LogP contribution >= 0.6 is 31.0 Å². The molecule has 3 rings (SSSR count). The van der Waals surface area contributed by atoms with Gasteiger partial charge in [-0.3, -0.25) is 4.79 Å². The highest BCUT2D eigenvalue weighted by atomic mass is 35.5. The van der Waals surface area contributed by atoms with Crippen molar-refractivity contribution in [3.8, 4) is 0 Å². The van der Waals surface area contributed by atoms with Gasteiger partial charge < -0.3 is 0 Å². The van der Waals surface area contributed by atoms with Gasteiger partial charge in [-0.25, -0.2) is 4.79 Å². The van der Waals surface area contributed by atoms with E-state index in [0.29, 0.717) is 27.6 Å². The average molecular weight is 444 g/mol. The van der Waals surface area contributed by atoms with Crippen molar-refractivity contribution in [1.82, 2.24) is 0 Å². The Labute approximate surface area is 180 Å². The van der Waals surface area contributed by atoms with E-state index in [2.05, 4.69) is 0 Å². The lowest BCUT2D eigenvalue weighted by atomic mass is 9.93. The molecule has 3 aromatic carbocycles. The van der Waals surface area contributed by atoms with Crippen molar-refractivity contribution in [2.45, 2.75) is 20.8 Å². The number of carbonyl (C=O) groups is 2. The highest BCUT2D eigenvalue weighted by Crippen LogP contribution is 2.37. The summed E-state index contributed by atoms with van der Waals surface area (Å²) in [5, 5.41) is 0.647. The number of carbonyl (C=O) groups excluding carboxylic acids is 2. The molecule has 0 bridgehead atoms. The number of benzene rings is 3. The number of halogens is 2. The monoisotopic (exact) mass is 443 g/mol. The first-order valence-electron chi connectivity index (χ1n) is 8.90. The molecule has 0 saturated heterocycles. The summed E-state index contributed by atoms with van der Waals surface area (Å²) in [5.74, 6) is -0.173. The zero-order valence-electron chi connectivity index (χ0n) is 16.1. The molecule has 3 aromatic rings. The van der Waals surface area contributed by atoms with Crippen LogP contribution in [0.3, 0.4) is 0 Å². The SMILES string of the molecule is Cc1cc(C)c([P+](=O)C(=O)c2c(Cl)cccc2Cl)c(C)c1C(=O)c1ccccc1. The third-order valence-corrected chi connectivity index (χ3v) is 7.08. The maximum absolute atomic E-state index is 13.3. The predicted octanol–water partition coefficient (Wildman–Crippen LogP) is 6.44. The van der Waals surface area contributed by atoms with E-state index in [4.69, 9.17) is 23.2 Å². The lowest BCUT2D eigenvalue weighted by Crippen LogP contribution is -2.18. The summed E-state index contributed by atoms with van der Waals surface area (Å²) < 4.78 is 13.3. The highest BCUT2D eigenvalue weighted by Gasteiger charge is 2.40. The summed E-state index contributed by atoms with van der Waals surface area (Å²) in [7, 11) is -2.52. The van der Waals surface area contributed by atoms with E-state index in [1.807, 2.05) is 13.0 Å². The molecule has 0 aromatic heterocycles. The van der Waals surface area contributed by atoms with Crippen LogP contribution < -0.4 is 5.30 Å². The summed E-state index contributed by atoms with van der Waals surface area (Å²) in [4.78, 5) is 26.1. The molecule has 29 heavy (non-hydrogen) atoms. The Morgan fingerprint density at radius 3 is 1.97 bits per heavy atom. The summed E-state index contributed by atoms with van der Waals surface area (Å²) >= 11 is 12.3. The molecular formula is C23H18Cl2O3P+. The third kappa shape index (κ3) is 4.04. The van der Waals surface area contributed by atoms with Gasteiger partial charge in [0.25, 0.3) is 0 Å². The van der Waals surface area contributed by atoms with Crippen LogP contribution in [0, 0.1) is 20.8 Å². The molecule has 0 amide bonds. The minimum Gasteiger partial charge on any atom is -0.289 e. The van der Waals surface area contributed by atoms with Gasteiger partial charge >= 0.3 is 13.3 Å². The summed E-state index contributed by atoms with van der Waals surface area (Å²) in [5.41, 5.74) is 2.36. The number of ketones is 1. The maximum Gasteiger partial charge on any atom is 0.459 e. The van der Waals surface area contributed by atoms with Gasteiger partial charge in [0.2, 0.25) is 5.30 Å². The topological polar surface area (TPSA) is 51.2 Å². The molecule has 1 atom stereocenters. The lowest BCUT2D eigenvalue weighted by molar-refractivity contribution is 0.103. The fourth-order valence-corrected chi connectivity index (χ4v) is 5.63. The van der Waals surface area contributed by atoms with Gasteiger partial charge in [0.1, 0.15) is 5.56 Å². The van der Waals surface area contributed by atoms with Crippen LogP contribution in [0.25, 0.3) is 0 Å². The van der Waals surface area contributed by atoms with Crippen molar-refractivity contribution in [2.75, 3.05) is 0 Å². The van der Waals surface area contributed by atoms with Crippen molar-refractivity contribution in [3.05, 3.63) is 98.0 Å². The number of rotatable bonds is 5. The number of hydrogen-bond acceptors (Lipinski definition) is 3. The molecule has 3 nitrogen and oxygen atoms in total. The van der Waals surface area contributed by atoms with Gasteiger partial charge in [-0.2, -0.15) is 0 Å². The molecule has 0 heterocycles. The van der Waals surface area contributed by atoms with E-state index < -0.39 is 13.3 Å². The normalized spacial score (nSPS) is 11.3. The van der Waals surface area contributed by atoms with Gasteiger partial charge in [-0.15, -0.1) is 0 Å². The van der Waals surface area contributed by atoms with Crippen LogP contribution in [0.5, 0.6) is 0 Å². The summed E-state index contributed by atoms with van der Waals surface area (Å²) in [6.07, 6.45) is 0. The Balaban J connectivity index is 2.14. The van der Waals surface area contributed by atoms with Crippen LogP contribution in [-0.2, 0) is 4.57 Å². The Kier molecular flexibility index (Phi) is 6.33. The Bertz CT molecular complexity index is 1130. The quantitative estimate of drug-likeness (QED) is 0.336. The fraction of sp³-hybridized carbons (Fsp3) is 0.130. The second-order valence-corrected chi connectivity index (χ2v) is 9.01. The van der Waals surface area contributed by atoms with Crippen LogP contribution in [0.15, 0.2) is 54.6 Å². The second kappa shape index (κ2) is 8.59. The molecule has 0 fully saturated rings. The molecule has 0 aliphatic carbocycles. The first-order valence-corrected chi connectivity index (χ1v) is 10.9. The molecule has 0 radical (unpaired) electrons. The maximum atomic E-state index is 13.3. The Morgan fingerprint density at radius 1 is 0.793 bits per heavy atom. The highest BCUT2D eigenvalue weighted by molar-refractivity contribution is 7.71. The molecule has 0 spiro atoms. The van der Waals surface area contributed by atoms with E-state index in [9.17, 15) is 14.2 Å². The smallest absolute Gasteiger partial charge is 0.289 e. The Morgan fingerprint density at radius 2 is 1.38 bits per heavy atom. The largest absolute Gasteiger partial charge is 0.459 e. The first-order chi connectivity index (χ1) is 13.7. The van der Waals surface area contributed by atoms with Crippen LogP contribution in [-0.4, -0.2) is 11.3 Å². The van der Waals surface area contributed by atoms with Crippen molar-refractivity contribution < 1.29 is 14.2 Å². The molecular weight excluding hydrogens is 426 g/mol. The first kappa shape index (κ1) is 21.4. The van der Waals surface area contributed by atoms with Gasteiger partial charge in [-0.1, -0.05) is 70.2 Å². The van der Waals surface area contributed by atoms with Gasteiger partial charge in [-0.05, 0) is 38.5 Å². The molecule has 0 aliphatic heterocycles. The van der Waals surface area contributed by atoms with Gasteiger partial charge in [0.05, 0.1) is 10.0 Å². The second-order valence-electron chi connectivity index (χ2n) is 6.75. The molecule has 0 saturated carbocycles. The standard InChI is InChI=1S/C23H18Cl2O3P/c1-13-12-14(2)22(15(3)19(13)21(26)16-8-5-4-6-9-16)29(28)23(27)20-17(24)10-7-11-18(20)25/h4-12H,1-3H3/q+1. The summed E-state index contributed by atoms with van der Waals surface area (Å²) in [6, 6.07) is 15.3. The molecule has 6 heteroatoms. The zero-order valence-corrected chi connectivity index (χ0v) is 18.5. The zero-order chi connectivity index (χ0) is 21.3. The lowest BCUT2D eigenvalue weighted by Gasteiger charge is -2.11. The van der Waals surface area contributed by atoms with Gasteiger partial charge in [0, 0.05) is 22.3 Å². The number of hydrogen-bond donors (Lipinski definition) is 0. The van der Waals surface area contributed by atoms with Gasteiger partial charge in [0.15, 0.2) is 5.78 Å². The van der Waals surface area contributed by atoms with Crippen LogP contribution in [0.1, 0.15) is 43.0 Å². The van der Waals surface area contributed by atoms with Crippen LogP contribution in [0.4, 0.5) is 0 Å². The van der Waals surface area contributed by atoms with E-state index in [-0.39, 0.29) is 21.4 Å². The van der Waals surface area contributed by atoms with Crippen molar-refractivity contribution in [3.63, 3.8) is 0 Å². The molecule has 1 unspecified atom stereocenters. The summed E-state index contributed by atoms with van der Waals surface area (Å²) in [6.45, 7) is 5.33. The van der Waals surface area contributed by atoms with E-state index in [0.717, 1.165) is 5.56 Å². The van der Waals surface area contributed by atoms with Crippen molar-refractivity contribution >= 4 is 47.6 Å². The molecule has 0 N–H and O–H groups in total. The van der Waals surface area contributed by atoms with Crippen molar-refractivity contribution in [1.29, 1.82) is 0 Å². The van der Waals surface area contributed by atoms with E-state index >= 15 is 0 Å². The van der Waals surface area contributed by atoms with Crippen molar-refractivity contribution in [2.24, 2.45) is 0 Å². The Hall–Kier alpha value is -2.32. The van der Waals surface area contributed by atoms with Crippen LogP contribution in [0.2, 0.25) is 10.0 Å². The third-order valence-electron chi connectivity index (χ3n) is 4.76. The minimum absolute atomic E-state index is 0.0345. The fourth-order valence-electron chi connectivity index (χ4n) is 3.48. The predicted molar refractivity (Wildman–Crippen MR) is 119 cm³/mol. The van der Waals surface area contributed by atoms with E-state index in [1.54, 1.807) is 50.2 Å². The molecule has 0 aliphatic rings. The average Bonchev–Trinajstić information content (AvgIpc) is 2.67. The van der Waals surface area contributed by atoms with E-state index in [1.165, 1.54) is 12.1 Å². The number of aryl methyl sites for hydroxylation is 2.